The maximum Gasteiger partial charge on any atom is 0.254 e. The fourth-order valence-electron chi connectivity index (χ4n) is 3.53. The number of rotatable bonds is 6. The van der Waals surface area contributed by atoms with E-state index in [1.165, 1.54) is 0 Å². The van der Waals surface area contributed by atoms with Gasteiger partial charge in [-0.15, -0.1) is 0 Å². The van der Waals surface area contributed by atoms with Crippen molar-refractivity contribution in [1.29, 1.82) is 0 Å². The lowest BCUT2D eigenvalue weighted by atomic mass is 10.0. The van der Waals surface area contributed by atoms with E-state index in [0.717, 1.165) is 35.2 Å². The van der Waals surface area contributed by atoms with Crippen molar-refractivity contribution in [2.75, 3.05) is 7.11 Å². The van der Waals surface area contributed by atoms with Crippen molar-refractivity contribution < 1.29 is 9.53 Å². The van der Waals surface area contributed by atoms with Crippen molar-refractivity contribution in [3.63, 3.8) is 0 Å². The minimum atomic E-state index is -0.0425. The van der Waals surface area contributed by atoms with Gasteiger partial charge in [-0.1, -0.05) is 5.57 Å². The van der Waals surface area contributed by atoms with Crippen molar-refractivity contribution in [2.45, 2.75) is 66.1 Å². The Bertz CT molecular complexity index is 892. The molecule has 0 aromatic carbocycles. The van der Waals surface area contributed by atoms with Gasteiger partial charge in [0.25, 0.3) is 5.91 Å². The predicted molar refractivity (Wildman–Crippen MR) is 109 cm³/mol. The summed E-state index contributed by atoms with van der Waals surface area (Å²) in [6, 6.07) is 0. The maximum atomic E-state index is 13.4. The second kappa shape index (κ2) is 7.37. The monoisotopic (exact) mass is 383 g/mol. The molecule has 1 amide bonds. The predicted octanol–water partition coefficient (Wildman–Crippen LogP) is 3.05. The summed E-state index contributed by atoms with van der Waals surface area (Å²) in [5.74, 6) is 1.82. The van der Waals surface area contributed by atoms with Crippen LogP contribution in [0.3, 0.4) is 0 Å². The number of nitrogens with one attached hydrogen (secondary N) is 1. The van der Waals surface area contributed by atoms with Gasteiger partial charge >= 0.3 is 0 Å². The highest BCUT2D eigenvalue weighted by Gasteiger charge is 2.38. The number of carbonyl (C=O) groups excluding carboxylic acids is 1. The first-order valence-corrected chi connectivity index (χ1v) is 9.52. The molecular weight excluding hydrogens is 354 g/mol. The highest BCUT2D eigenvalue weighted by Crippen LogP contribution is 2.37. The Morgan fingerprint density at radius 2 is 1.93 bits per heavy atom. The third-order valence-electron chi connectivity index (χ3n) is 5.36. The molecule has 1 N–H and O–H groups in total. The molecule has 7 nitrogen and oxygen atoms in total. The molecule has 0 saturated heterocycles. The van der Waals surface area contributed by atoms with Crippen LogP contribution in [0, 0.1) is 6.92 Å². The van der Waals surface area contributed by atoms with E-state index < -0.39 is 0 Å². The number of hydrogen-bond acceptors (Lipinski definition) is 6. The number of carbonyl (C=O) groups is 1. The molecule has 7 heteroatoms. The smallest absolute Gasteiger partial charge is 0.254 e. The molecule has 1 fully saturated rings. The van der Waals surface area contributed by atoms with Crippen molar-refractivity contribution >= 4 is 12.6 Å². The molecular formula is C21H29N5O2. The standard InChI is InChI=1S/C21H29N5O2/c1-12(2)17(13(3)18(22-6)25-21(5)8-9-21)20(27)26-10-15-16(11-26)23-14(4)24-19(15)28-7/h25H,6,8-11H2,1-5,7H3/b18-13-. The number of ether oxygens (including phenoxy) is 1. The van der Waals surface area contributed by atoms with E-state index >= 15 is 0 Å². The molecule has 28 heavy (non-hydrogen) atoms. The molecule has 2 heterocycles. The average molecular weight is 383 g/mol. The van der Waals surface area contributed by atoms with Crippen LogP contribution in [-0.2, 0) is 17.9 Å². The number of fused-ring (bicyclic) bond motifs is 1. The van der Waals surface area contributed by atoms with Crippen LogP contribution in [0.4, 0.5) is 0 Å². The summed E-state index contributed by atoms with van der Waals surface area (Å²) >= 11 is 0. The van der Waals surface area contributed by atoms with Crippen molar-refractivity contribution in [1.82, 2.24) is 20.2 Å². The summed E-state index contributed by atoms with van der Waals surface area (Å²) < 4.78 is 5.40. The van der Waals surface area contributed by atoms with Gasteiger partial charge in [0.2, 0.25) is 5.88 Å². The van der Waals surface area contributed by atoms with E-state index in [2.05, 4.69) is 33.9 Å². The summed E-state index contributed by atoms with van der Waals surface area (Å²) in [7, 11) is 1.59. The fourth-order valence-corrected chi connectivity index (χ4v) is 3.53. The van der Waals surface area contributed by atoms with Gasteiger partial charge in [0.05, 0.1) is 31.5 Å². The second-order valence-corrected chi connectivity index (χ2v) is 8.06. The molecule has 0 atom stereocenters. The van der Waals surface area contributed by atoms with E-state index in [4.69, 9.17) is 4.74 Å². The lowest BCUT2D eigenvalue weighted by molar-refractivity contribution is -0.127. The van der Waals surface area contributed by atoms with Crippen LogP contribution in [0.2, 0.25) is 0 Å². The van der Waals surface area contributed by atoms with Crippen LogP contribution < -0.4 is 10.1 Å². The number of methoxy groups -OCH3 is 1. The highest BCUT2D eigenvalue weighted by atomic mass is 16.5. The number of hydrogen-bond donors (Lipinski definition) is 1. The summed E-state index contributed by atoms with van der Waals surface area (Å²) in [4.78, 5) is 28.2. The van der Waals surface area contributed by atoms with Crippen molar-refractivity contribution in [3.05, 3.63) is 39.6 Å². The topological polar surface area (TPSA) is 79.7 Å². The van der Waals surface area contributed by atoms with Gasteiger partial charge in [-0.3, -0.25) is 4.79 Å². The molecule has 1 aliphatic heterocycles. The Hall–Kier alpha value is -2.70. The molecule has 0 unspecified atom stereocenters. The minimum absolute atomic E-state index is 0.0425. The first kappa shape index (κ1) is 20.0. The Kier molecular flexibility index (Phi) is 5.28. The van der Waals surface area contributed by atoms with Crippen LogP contribution in [0.5, 0.6) is 5.88 Å². The minimum Gasteiger partial charge on any atom is -0.481 e. The molecule has 0 radical (unpaired) electrons. The Morgan fingerprint density at radius 1 is 1.25 bits per heavy atom. The molecule has 150 valence electrons. The quantitative estimate of drug-likeness (QED) is 0.464. The zero-order valence-electron chi connectivity index (χ0n) is 17.6. The summed E-state index contributed by atoms with van der Waals surface area (Å²) in [6.45, 7) is 14.4. The van der Waals surface area contributed by atoms with E-state index in [9.17, 15) is 4.79 Å². The van der Waals surface area contributed by atoms with Gasteiger partial charge in [0.1, 0.15) is 11.6 Å². The molecule has 1 saturated carbocycles. The molecule has 0 spiro atoms. The number of nitrogens with zero attached hydrogens (tertiary/aromatic N) is 4. The summed E-state index contributed by atoms with van der Waals surface area (Å²) in [5.41, 5.74) is 4.20. The first-order chi connectivity index (χ1) is 13.2. The van der Waals surface area contributed by atoms with Crippen LogP contribution >= 0.6 is 0 Å². The number of amides is 1. The van der Waals surface area contributed by atoms with Gasteiger partial charge in [-0.25, -0.2) is 9.98 Å². The SMILES string of the molecule is C=N/C(NC1(C)CC1)=C(\C)C(C(=O)N1Cc2nc(C)nc(OC)c2C1)=C(C)C. The lowest BCUT2D eigenvalue weighted by Crippen LogP contribution is -2.31. The maximum absolute atomic E-state index is 13.4. The number of aliphatic imine (C=N–C) groups is 1. The van der Waals surface area contributed by atoms with Crippen LogP contribution in [0.25, 0.3) is 0 Å². The Balaban J connectivity index is 1.91. The van der Waals surface area contributed by atoms with E-state index in [1.54, 1.807) is 12.0 Å². The average Bonchev–Trinajstić information content (AvgIpc) is 3.21. The zero-order chi connectivity index (χ0) is 20.6. The fraction of sp³-hybridized carbons (Fsp3) is 0.524. The van der Waals surface area contributed by atoms with Gasteiger partial charge in [-0.05, 0) is 54.2 Å². The third kappa shape index (κ3) is 3.79. The molecule has 1 aromatic rings. The lowest BCUT2D eigenvalue weighted by Gasteiger charge is -2.22. The molecule has 0 bridgehead atoms. The van der Waals surface area contributed by atoms with E-state index in [1.807, 2.05) is 27.7 Å². The van der Waals surface area contributed by atoms with Crippen molar-refractivity contribution in [3.8, 4) is 5.88 Å². The van der Waals surface area contributed by atoms with Gasteiger partial charge < -0.3 is 15.0 Å². The summed E-state index contributed by atoms with van der Waals surface area (Å²) in [6.07, 6.45) is 2.19. The summed E-state index contributed by atoms with van der Waals surface area (Å²) in [5, 5.41) is 3.44. The number of allylic oxidation sites excluding steroid dienone is 1. The van der Waals surface area contributed by atoms with Gasteiger partial charge in [0, 0.05) is 16.7 Å². The zero-order valence-corrected chi connectivity index (χ0v) is 17.6. The van der Waals surface area contributed by atoms with E-state index in [-0.39, 0.29) is 11.4 Å². The second-order valence-electron chi connectivity index (χ2n) is 8.06. The van der Waals surface area contributed by atoms with E-state index in [0.29, 0.717) is 36.2 Å². The molecule has 1 aromatic heterocycles. The molecule has 2 aliphatic rings. The van der Waals surface area contributed by atoms with Crippen LogP contribution in [0.1, 0.15) is 57.6 Å². The van der Waals surface area contributed by atoms with Crippen LogP contribution in [0.15, 0.2) is 27.5 Å². The number of aryl methyl sites for hydroxylation is 1. The molecule has 1 aliphatic carbocycles. The van der Waals surface area contributed by atoms with Gasteiger partial charge in [-0.2, -0.15) is 4.98 Å². The van der Waals surface area contributed by atoms with Gasteiger partial charge in [0.15, 0.2) is 0 Å². The number of aromatic nitrogens is 2. The highest BCUT2D eigenvalue weighted by molar-refractivity contribution is 5.98. The normalized spacial score (nSPS) is 17.4. The molecule has 3 rings (SSSR count). The first-order valence-electron chi connectivity index (χ1n) is 9.52. The van der Waals surface area contributed by atoms with Crippen LogP contribution in [-0.4, -0.2) is 40.1 Å². The Morgan fingerprint density at radius 3 is 2.46 bits per heavy atom. The Labute approximate surface area is 166 Å². The van der Waals surface area contributed by atoms with Crippen molar-refractivity contribution in [2.24, 2.45) is 4.99 Å². The largest absolute Gasteiger partial charge is 0.481 e. The third-order valence-corrected chi connectivity index (χ3v) is 5.36.